The Balaban J connectivity index is 1.15. The molecule has 0 radical (unpaired) electrons. The second-order valence-electron chi connectivity index (χ2n) is 13.7. The fourth-order valence-electron chi connectivity index (χ4n) is 8.22. The van der Waals surface area contributed by atoms with Gasteiger partial charge < -0.3 is 13.7 Å². The molecule has 0 unspecified atom stereocenters. The minimum atomic E-state index is 0.832. The summed E-state index contributed by atoms with van der Waals surface area (Å²) in [6.45, 7) is 0. The van der Waals surface area contributed by atoms with E-state index in [0.717, 1.165) is 72.1 Å². The van der Waals surface area contributed by atoms with Gasteiger partial charge in [0, 0.05) is 21.8 Å². The molecule has 9 aromatic carbocycles. The molecule has 0 saturated heterocycles. The van der Waals surface area contributed by atoms with Crippen molar-refractivity contribution in [3.63, 3.8) is 0 Å². The van der Waals surface area contributed by atoms with E-state index in [0.29, 0.717) is 0 Å². The molecule has 0 atom stereocenters. The second kappa shape index (κ2) is 11.7. The van der Waals surface area contributed by atoms with Gasteiger partial charge in [0.15, 0.2) is 5.58 Å². The number of hydrogen-bond acceptors (Lipinski definition) is 3. The number of furan rings is 2. The van der Waals surface area contributed by atoms with Crippen LogP contribution in [0.5, 0.6) is 0 Å². The molecule has 3 heteroatoms. The summed E-state index contributed by atoms with van der Waals surface area (Å²) in [7, 11) is 0. The summed E-state index contributed by atoms with van der Waals surface area (Å²) < 4.78 is 13.3. The molecule has 0 aliphatic heterocycles. The fraction of sp³-hybridized carbons (Fsp3) is 0. The van der Waals surface area contributed by atoms with Crippen molar-refractivity contribution in [3.05, 3.63) is 188 Å². The first-order valence-electron chi connectivity index (χ1n) is 18.0. The van der Waals surface area contributed by atoms with E-state index in [-0.39, 0.29) is 0 Å². The first-order valence-corrected chi connectivity index (χ1v) is 18.0. The molecule has 0 fully saturated rings. The zero-order chi connectivity index (χ0) is 34.9. The Morgan fingerprint density at radius 3 is 1.83 bits per heavy atom. The zero-order valence-corrected chi connectivity index (χ0v) is 28.7. The van der Waals surface area contributed by atoms with Gasteiger partial charge in [0.1, 0.15) is 16.7 Å². The van der Waals surface area contributed by atoms with E-state index in [9.17, 15) is 0 Å². The van der Waals surface area contributed by atoms with Crippen LogP contribution in [0.4, 0.5) is 17.1 Å². The minimum Gasteiger partial charge on any atom is -0.456 e. The summed E-state index contributed by atoms with van der Waals surface area (Å²) in [5, 5.41) is 9.23. The van der Waals surface area contributed by atoms with E-state index in [2.05, 4.69) is 181 Å². The Labute approximate surface area is 305 Å². The summed E-state index contributed by atoms with van der Waals surface area (Å²) in [5.74, 6) is 0. The molecule has 0 bridgehead atoms. The van der Waals surface area contributed by atoms with Crippen molar-refractivity contribution in [2.24, 2.45) is 0 Å². The number of fused-ring (bicyclic) bond motifs is 8. The molecule has 0 aliphatic rings. The molecule has 0 saturated carbocycles. The van der Waals surface area contributed by atoms with Crippen molar-refractivity contribution in [1.82, 2.24) is 0 Å². The molecule has 0 spiro atoms. The summed E-state index contributed by atoms with van der Waals surface area (Å²) in [5.41, 5.74) is 11.1. The van der Waals surface area contributed by atoms with Crippen LogP contribution in [0.2, 0.25) is 0 Å². The van der Waals surface area contributed by atoms with Crippen LogP contribution >= 0.6 is 0 Å². The Kier molecular flexibility index (Phi) is 6.55. The summed E-state index contributed by atoms with van der Waals surface area (Å²) in [6.07, 6.45) is 0. The van der Waals surface area contributed by atoms with Crippen molar-refractivity contribution in [1.29, 1.82) is 0 Å². The molecule has 0 N–H and O–H groups in total. The van der Waals surface area contributed by atoms with Gasteiger partial charge in [0.25, 0.3) is 0 Å². The van der Waals surface area contributed by atoms with E-state index >= 15 is 0 Å². The van der Waals surface area contributed by atoms with Crippen molar-refractivity contribution in [2.45, 2.75) is 0 Å². The maximum atomic E-state index is 6.93. The highest BCUT2D eigenvalue weighted by molar-refractivity contribution is 6.19. The van der Waals surface area contributed by atoms with Crippen LogP contribution in [0.3, 0.4) is 0 Å². The van der Waals surface area contributed by atoms with E-state index < -0.39 is 0 Å². The quantitative estimate of drug-likeness (QED) is 0.182. The SMILES string of the molecule is c1ccc2cc(-c3ccc(N(c4cccc5c4oc4cccc(-c6cccc7ccccc67)c45)c4cccc5oc6ccccc6c45)cc3)ccc2c1. The molecular formula is C50H31NO2. The molecule has 2 aromatic heterocycles. The lowest BCUT2D eigenvalue weighted by Crippen LogP contribution is -2.10. The van der Waals surface area contributed by atoms with Gasteiger partial charge in [-0.15, -0.1) is 0 Å². The Bertz CT molecular complexity index is 3180. The van der Waals surface area contributed by atoms with Gasteiger partial charge in [-0.3, -0.25) is 0 Å². The van der Waals surface area contributed by atoms with Gasteiger partial charge >= 0.3 is 0 Å². The van der Waals surface area contributed by atoms with Crippen LogP contribution in [-0.2, 0) is 0 Å². The fourth-order valence-corrected chi connectivity index (χ4v) is 8.22. The largest absolute Gasteiger partial charge is 0.456 e. The van der Waals surface area contributed by atoms with Crippen LogP contribution in [0.25, 0.3) is 87.7 Å². The topological polar surface area (TPSA) is 29.5 Å². The van der Waals surface area contributed by atoms with E-state index in [1.54, 1.807) is 0 Å². The first-order chi connectivity index (χ1) is 26.3. The summed E-state index contributed by atoms with van der Waals surface area (Å²) in [4.78, 5) is 2.33. The molecule has 53 heavy (non-hydrogen) atoms. The van der Waals surface area contributed by atoms with Crippen molar-refractivity contribution >= 4 is 82.5 Å². The Hall–Kier alpha value is -7.10. The number of nitrogens with zero attached hydrogens (tertiary/aromatic N) is 1. The predicted octanol–water partition coefficient (Wildman–Crippen LogP) is 14.6. The van der Waals surface area contributed by atoms with Crippen LogP contribution in [0.15, 0.2) is 197 Å². The number of para-hydroxylation sites is 2. The van der Waals surface area contributed by atoms with Gasteiger partial charge in [-0.2, -0.15) is 0 Å². The molecule has 248 valence electrons. The van der Waals surface area contributed by atoms with Crippen molar-refractivity contribution in [3.8, 4) is 22.3 Å². The molecule has 0 amide bonds. The highest BCUT2D eigenvalue weighted by Crippen LogP contribution is 2.48. The lowest BCUT2D eigenvalue weighted by molar-refractivity contribution is 0.668. The lowest BCUT2D eigenvalue weighted by atomic mass is 9.94. The third kappa shape index (κ3) is 4.68. The highest BCUT2D eigenvalue weighted by Gasteiger charge is 2.24. The molecule has 11 rings (SSSR count). The number of benzene rings is 9. The average molecular weight is 678 g/mol. The first kappa shape index (κ1) is 29.6. The third-order valence-corrected chi connectivity index (χ3v) is 10.7. The Morgan fingerprint density at radius 1 is 0.340 bits per heavy atom. The molecule has 3 nitrogen and oxygen atoms in total. The molecule has 0 aliphatic carbocycles. The maximum Gasteiger partial charge on any atom is 0.159 e. The summed E-state index contributed by atoms with van der Waals surface area (Å²) in [6, 6.07) is 66.7. The molecule has 2 heterocycles. The van der Waals surface area contributed by atoms with Gasteiger partial charge in [0.2, 0.25) is 0 Å². The van der Waals surface area contributed by atoms with Gasteiger partial charge in [0.05, 0.1) is 16.8 Å². The maximum absolute atomic E-state index is 6.93. The smallest absolute Gasteiger partial charge is 0.159 e. The van der Waals surface area contributed by atoms with Crippen LogP contribution in [0.1, 0.15) is 0 Å². The zero-order valence-electron chi connectivity index (χ0n) is 28.7. The standard InChI is InChI=1S/C50H31NO2/c1-2-13-35-31-36(26-25-32(35)11-1)33-27-29-37(30-28-33)51(43-20-10-24-47-49(43)41-16-5-6-22-45(41)52-47)44-21-8-19-42-48-40(18-9-23-46(48)53-50(42)44)39-17-7-14-34-12-3-4-15-38(34)39/h1-31H. The number of hydrogen-bond donors (Lipinski definition) is 0. The predicted molar refractivity (Wildman–Crippen MR) is 222 cm³/mol. The number of rotatable bonds is 5. The van der Waals surface area contributed by atoms with Crippen LogP contribution in [-0.4, -0.2) is 0 Å². The van der Waals surface area contributed by atoms with E-state index in [1.165, 1.54) is 32.7 Å². The highest BCUT2D eigenvalue weighted by atomic mass is 16.3. The molecule has 11 aromatic rings. The monoisotopic (exact) mass is 677 g/mol. The van der Waals surface area contributed by atoms with Crippen LogP contribution < -0.4 is 4.90 Å². The molecular weight excluding hydrogens is 647 g/mol. The normalized spacial score (nSPS) is 11.8. The lowest BCUT2D eigenvalue weighted by Gasteiger charge is -2.26. The van der Waals surface area contributed by atoms with Crippen LogP contribution in [0, 0.1) is 0 Å². The third-order valence-electron chi connectivity index (χ3n) is 10.7. The average Bonchev–Trinajstić information content (AvgIpc) is 3.80. The van der Waals surface area contributed by atoms with E-state index in [1.807, 2.05) is 12.1 Å². The van der Waals surface area contributed by atoms with Gasteiger partial charge in [-0.25, -0.2) is 0 Å². The van der Waals surface area contributed by atoms with E-state index in [4.69, 9.17) is 8.83 Å². The second-order valence-corrected chi connectivity index (χ2v) is 13.7. The van der Waals surface area contributed by atoms with Gasteiger partial charge in [-0.1, -0.05) is 140 Å². The summed E-state index contributed by atoms with van der Waals surface area (Å²) >= 11 is 0. The Morgan fingerprint density at radius 2 is 0.943 bits per heavy atom. The van der Waals surface area contributed by atoms with Gasteiger partial charge in [-0.05, 0) is 92.3 Å². The van der Waals surface area contributed by atoms with Crippen molar-refractivity contribution < 1.29 is 8.83 Å². The minimum absolute atomic E-state index is 0.832. The number of anilines is 3. The van der Waals surface area contributed by atoms with Crippen molar-refractivity contribution in [2.75, 3.05) is 4.90 Å².